The lowest BCUT2D eigenvalue weighted by Gasteiger charge is -2.18. The van der Waals surface area contributed by atoms with E-state index in [4.69, 9.17) is 9.52 Å². The molecule has 0 fully saturated rings. The molecule has 0 aliphatic heterocycles. The molecular weight excluding hydrogens is 230 g/mol. The molecule has 0 aliphatic carbocycles. The summed E-state index contributed by atoms with van der Waals surface area (Å²) in [6, 6.07) is 13.4. The van der Waals surface area contributed by atoms with E-state index in [1.54, 1.807) is 6.26 Å². The van der Waals surface area contributed by atoms with Gasteiger partial charge < -0.3 is 19.9 Å². The monoisotopic (exact) mass is 247 g/mol. The van der Waals surface area contributed by atoms with E-state index in [1.807, 2.05) is 42.5 Å². The highest BCUT2D eigenvalue weighted by Crippen LogP contribution is 2.22. The van der Waals surface area contributed by atoms with Crippen molar-refractivity contribution >= 4 is 0 Å². The predicted octanol–water partition coefficient (Wildman–Crippen LogP) is 1.31. The fraction of sp³-hybridized carbons (Fsp3) is 0.286. The second kappa shape index (κ2) is 6.35. The van der Waals surface area contributed by atoms with E-state index in [9.17, 15) is 5.11 Å². The van der Waals surface area contributed by atoms with Gasteiger partial charge >= 0.3 is 0 Å². The Hall–Kier alpha value is -1.62. The molecule has 0 bridgehead atoms. The molecule has 0 amide bonds. The highest BCUT2D eigenvalue weighted by Gasteiger charge is 2.17. The molecule has 4 heteroatoms. The van der Waals surface area contributed by atoms with Crippen LogP contribution in [0.4, 0.5) is 0 Å². The van der Waals surface area contributed by atoms with Crippen LogP contribution in [0.25, 0.3) is 0 Å². The van der Waals surface area contributed by atoms with E-state index >= 15 is 0 Å². The third-order valence-electron chi connectivity index (χ3n) is 2.73. The second-order valence-corrected chi connectivity index (χ2v) is 4.10. The Kier molecular flexibility index (Phi) is 4.52. The molecule has 2 rings (SSSR count). The molecule has 1 aromatic heterocycles. The van der Waals surface area contributed by atoms with Crippen LogP contribution in [0, 0.1) is 0 Å². The summed E-state index contributed by atoms with van der Waals surface area (Å²) >= 11 is 0. The first-order valence-corrected chi connectivity index (χ1v) is 5.92. The molecule has 0 radical (unpaired) electrons. The van der Waals surface area contributed by atoms with Crippen molar-refractivity contribution in [1.29, 1.82) is 0 Å². The largest absolute Gasteiger partial charge is 0.467 e. The molecule has 2 aromatic rings. The van der Waals surface area contributed by atoms with Crippen molar-refractivity contribution in [3.63, 3.8) is 0 Å². The van der Waals surface area contributed by atoms with Crippen LogP contribution in [-0.4, -0.2) is 29.5 Å². The first kappa shape index (κ1) is 12.8. The Morgan fingerprint density at radius 1 is 1.11 bits per heavy atom. The summed E-state index contributed by atoms with van der Waals surface area (Å²) in [7, 11) is 0. The molecule has 1 heterocycles. The molecule has 2 unspecified atom stereocenters. The SMILES string of the molecule is OCC(O)CNC(c1ccccc1)c1ccco1. The Morgan fingerprint density at radius 3 is 2.50 bits per heavy atom. The fourth-order valence-corrected chi connectivity index (χ4v) is 1.80. The topological polar surface area (TPSA) is 65.6 Å². The van der Waals surface area contributed by atoms with Gasteiger partial charge in [-0.1, -0.05) is 30.3 Å². The van der Waals surface area contributed by atoms with Crippen LogP contribution < -0.4 is 5.32 Å². The number of hydrogen-bond donors (Lipinski definition) is 3. The molecule has 3 N–H and O–H groups in total. The maximum Gasteiger partial charge on any atom is 0.125 e. The van der Waals surface area contributed by atoms with E-state index in [2.05, 4.69) is 5.32 Å². The molecule has 96 valence electrons. The van der Waals surface area contributed by atoms with Gasteiger partial charge in [-0.25, -0.2) is 0 Å². The number of nitrogens with one attached hydrogen (secondary N) is 1. The van der Waals surface area contributed by atoms with Gasteiger partial charge in [0.15, 0.2) is 0 Å². The zero-order valence-corrected chi connectivity index (χ0v) is 9.99. The fourth-order valence-electron chi connectivity index (χ4n) is 1.80. The van der Waals surface area contributed by atoms with E-state index in [1.165, 1.54) is 0 Å². The summed E-state index contributed by atoms with van der Waals surface area (Å²) in [4.78, 5) is 0. The summed E-state index contributed by atoms with van der Waals surface area (Å²) in [5.74, 6) is 0.784. The van der Waals surface area contributed by atoms with Crippen LogP contribution >= 0.6 is 0 Å². The van der Waals surface area contributed by atoms with Crippen molar-refractivity contribution < 1.29 is 14.6 Å². The first-order chi connectivity index (χ1) is 8.81. The number of hydrogen-bond acceptors (Lipinski definition) is 4. The van der Waals surface area contributed by atoms with Crippen molar-refractivity contribution in [2.24, 2.45) is 0 Å². The first-order valence-electron chi connectivity index (χ1n) is 5.92. The number of furan rings is 1. The van der Waals surface area contributed by atoms with Crippen molar-refractivity contribution in [2.75, 3.05) is 13.2 Å². The van der Waals surface area contributed by atoms with Crippen LogP contribution in [0.2, 0.25) is 0 Å². The molecule has 0 aliphatic rings. The molecule has 0 saturated carbocycles. The van der Waals surface area contributed by atoms with Gasteiger partial charge in [-0.05, 0) is 17.7 Å². The van der Waals surface area contributed by atoms with E-state index < -0.39 is 6.10 Å². The van der Waals surface area contributed by atoms with Gasteiger partial charge in [0.1, 0.15) is 5.76 Å². The smallest absolute Gasteiger partial charge is 0.125 e. The number of aliphatic hydroxyl groups is 2. The third kappa shape index (κ3) is 3.20. The lowest BCUT2D eigenvalue weighted by molar-refractivity contribution is 0.0923. The average molecular weight is 247 g/mol. The summed E-state index contributed by atoms with van der Waals surface area (Å²) < 4.78 is 5.41. The van der Waals surface area contributed by atoms with Gasteiger partial charge in [-0.15, -0.1) is 0 Å². The maximum absolute atomic E-state index is 9.41. The van der Waals surface area contributed by atoms with Gasteiger partial charge in [0, 0.05) is 6.54 Å². The predicted molar refractivity (Wildman–Crippen MR) is 68.1 cm³/mol. The van der Waals surface area contributed by atoms with Gasteiger partial charge in [-0.3, -0.25) is 0 Å². The zero-order valence-electron chi connectivity index (χ0n) is 9.99. The van der Waals surface area contributed by atoms with Crippen LogP contribution in [0.15, 0.2) is 53.1 Å². The van der Waals surface area contributed by atoms with Gasteiger partial charge in [0.2, 0.25) is 0 Å². The van der Waals surface area contributed by atoms with Crippen molar-refractivity contribution in [2.45, 2.75) is 12.1 Å². The summed E-state index contributed by atoms with van der Waals surface area (Å²) in [6.45, 7) is 0.0451. The molecule has 4 nitrogen and oxygen atoms in total. The van der Waals surface area contributed by atoms with E-state index in [-0.39, 0.29) is 12.6 Å². The van der Waals surface area contributed by atoms with Gasteiger partial charge in [0.05, 0.1) is 25.0 Å². The minimum atomic E-state index is -0.772. The van der Waals surface area contributed by atoms with Crippen molar-refractivity contribution in [1.82, 2.24) is 5.32 Å². The second-order valence-electron chi connectivity index (χ2n) is 4.10. The molecule has 0 spiro atoms. The summed E-state index contributed by atoms with van der Waals surface area (Å²) in [5.41, 5.74) is 1.05. The summed E-state index contributed by atoms with van der Waals surface area (Å²) in [5, 5.41) is 21.4. The highest BCUT2D eigenvalue weighted by molar-refractivity contribution is 5.26. The molecular formula is C14H17NO3. The lowest BCUT2D eigenvalue weighted by Crippen LogP contribution is -2.32. The maximum atomic E-state index is 9.41. The Morgan fingerprint density at radius 2 is 1.89 bits per heavy atom. The van der Waals surface area contributed by atoms with E-state index in [0.717, 1.165) is 11.3 Å². The molecule has 0 saturated heterocycles. The molecule has 18 heavy (non-hydrogen) atoms. The van der Waals surface area contributed by atoms with Gasteiger partial charge in [-0.2, -0.15) is 0 Å². The number of aliphatic hydroxyl groups excluding tert-OH is 2. The number of benzene rings is 1. The van der Waals surface area contributed by atoms with E-state index in [0.29, 0.717) is 6.54 Å². The standard InChI is InChI=1S/C14H17NO3/c16-10-12(17)9-15-14(13-7-4-8-18-13)11-5-2-1-3-6-11/h1-8,12,14-17H,9-10H2. The Labute approximate surface area is 106 Å². The normalized spacial score (nSPS) is 14.3. The highest BCUT2D eigenvalue weighted by atomic mass is 16.3. The minimum absolute atomic E-state index is 0.123. The minimum Gasteiger partial charge on any atom is -0.467 e. The van der Waals surface area contributed by atoms with Crippen LogP contribution in [0.5, 0.6) is 0 Å². The van der Waals surface area contributed by atoms with Crippen molar-refractivity contribution in [3.05, 3.63) is 60.1 Å². The van der Waals surface area contributed by atoms with Crippen LogP contribution in [0.3, 0.4) is 0 Å². The molecule has 2 atom stereocenters. The average Bonchev–Trinajstić information content (AvgIpc) is 2.94. The summed E-state index contributed by atoms with van der Waals surface area (Å²) in [6.07, 6.45) is 0.848. The van der Waals surface area contributed by atoms with Gasteiger partial charge in [0.25, 0.3) is 0 Å². The third-order valence-corrected chi connectivity index (χ3v) is 2.73. The van der Waals surface area contributed by atoms with Crippen LogP contribution in [0.1, 0.15) is 17.4 Å². The number of rotatable bonds is 6. The zero-order chi connectivity index (χ0) is 12.8. The quantitative estimate of drug-likeness (QED) is 0.720. The van der Waals surface area contributed by atoms with Crippen molar-refractivity contribution in [3.8, 4) is 0 Å². The van der Waals surface area contributed by atoms with Crippen LogP contribution in [-0.2, 0) is 0 Å². The Balaban J connectivity index is 2.14. The molecule has 1 aromatic carbocycles. The Bertz CT molecular complexity index is 441. The lowest BCUT2D eigenvalue weighted by atomic mass is 10.0.